The van der Waals surface area contributed by atoms with Crippen molar-refractivity contribution in [1.29, 1.82) is 0 Å². The van der Waals surface area contributed by atoms with E-state index in [9.17, 15) is 9.59 Å². The highest BCUT2D eigenvalue weighted by Gasteiger charge is 2.20. The first-order valence-corrected chi connectivity index (χ1v) is 8.83. The molecule has 0 fully saturated rings. The fraction of sp³-hybridized carbons (Fsp3) is 0.778. The fourth-order valence-electron chi connectivity index (χ4n) is 2.64. The van der Waals surface area contributed by atoms with Gasteiger partial charge in [0.25, 0.3) is 10.9 Å². The van der Waals surface area contributed by atoms with Gasteiger partial charge in [0.15, 0.2) is 0 Å². The zero-order valence-electron chi connectivity index (χ0n) is 15.4. The van der Waals surface area contributed by atoms with Crippen LogP contribution in [-0.2, 0) is 0 Å². The Morgan fingerprint density at radius 3 is 1.96 bits per heavy atom. The van der Waals surface area contributed by atoms with Gasteiger partial charge < -0.3 is 15.5 Å². The molecular weight excluding hydrogens is 290 g/mol. The van der Waals surface area contributed by atoms with E-state index in [1.54, 1.807) is 0 Å². The second-order valence-corrected chi connectivity index (χ2v) is 7.36. The number of hydrogen-bond acceptors (Lipinski definition) is 5. The molecule has 5 heteroatoms. The lowest BCUT2D eigenvalue weighted by atomic mass is 9.90. The first kappa shape index (κ1) is 19.7. The number of nitrogens with zero attached hydrogens (tertiary/aromatic N) is 1. The van der Waals surface area contributed by atoms with E-state index in [1.165, 1.54) is 0 Å². The normalized spacial score (nSPS) is 12.1. The first-order chi connectivity index (χ1) is 10.8. The van der Waals surface area contributed by atoms with Crippen molar-refractivity contribution < 1.29 is 0 Å². The molecule has 0 aromatic heterocycles. The van der Waals surface area contributed by atoms with Gasteiger partial charge in [-0.2, -0.15) is 0 Å². The van der Waals surface area contributed by atoms with Gasteiger partial charge in [0.2, 0.25) is 0 Å². The lowest BCUT2D eigenvalue weighted by molar-refractivity contribution is 0.300. The molecule has 0 heterocycles. The Labute approximate surface area is 140 Å². The average Bonchev–Trinajstić information content (AvgIpc) is 2.49. The van der Waals surface area contributed by atoms with E-state index < -0.39 is 0 Å². The van der Waals surface area contributed by atoms with E-state index in [0.717, 1.165) is 45.4 Å². The van der Waals surface area contributed by atoms with Gasteiger partial charge in [0.1, 0.15) is 11.4 Å². The molecule has 0 aliphatic heterocycles. The molecule has 132 valence electrons. The van der Waals surface area contributed by atoms with Crippen LogP contribution in [-0.4, -0.2) is 37.6 Å². The Balaban J connectivity index is 2.44. The van der Waals surface area contributed by atoms with Gasteiger partial charge in [0.05, 0.1) is 0 Å². The summed E-state index contributed by atoms with van der Waals surface area (Å²) in [7, 11) is 0. The monoisotopic (exact) mass is 323 g/mol. The second-order valence-electron chi connectivity index (χ2n) is 7.36. The van der Waals surface area contributed by atoms with Crippen molar-refractivity contribution in [3.63, 3.8) is 0 Å². The molecule has 0 saturated heterocycles. The van der Waals surface area contributed by atoms with Crippen LogP contribution in [0.2, 0.25) is 0 Å². The van der Waals surface area contributed by atoms with Crippen molar-refractivity contribution in [2.75, 3.05) is 43.4 Å². The zero-order chi connectivity index (χ0) is 17.5. The predicted octanol–water partition coefficient (Wildman–Crippen LogP) is 2.66. The Bertz CT molecular complexity index is 539. The number of hydrogen-bond donors (Lipinski definition) is 2. The molecule has 0 unspecified atom stereocenters. The van der Waals surface area contributed by atoms with Crippen LogP contribution in [0, 0.1) is 5.41 Å². The summed E-state index contributed by atoms with van der Waals surface area (Å²) in [5.74, 6) is 0. The summed E-state index contributed by atoms with van der Waals surface area (Å²) in [5.41, 5.74) is 0.464. The topological polar surface area (TPSA) is 61.4 Å². The molecule has 0 aliphatic rings. The van der Waals surface area contributed by atoms with E-state index in [2.05, 4.69) is 50.2 Å². The van der Waals surface area contributed by atoms with Gasteiger partial charge in [-0.15, -0.1) is 0 Å². The third-order valence-corrected chi connectivity index (χ3v) is 4.03. The van der Waals surface area contributed by atoms with Crippen molar-refractivity contribution in [3.8, 4) is 0 Å². The molecule has 1 rings (SSSR count). The first-order valence-electron chi connectivity index (χ1n) is 8.83. The summed E-state index contributed by atoms with van der Waals surface area (Å²) >= 11 is 0. The Morgan fingerprint density at radius 2 is 1.48 bits per heavy atom. The van der Waals surface area contributed by atoms with Crippen LogP contribution < -0.4 is 21.5 Å². The summed E-state index contributed by atoms with van der Waals surface area (Å²) in [6, 6.07) is 0. The zero-order valence-corrected chi connectivity index (χ0v) is 15.4. The lowest BCUT2D eigenvalue weighted by Gasteiger charge is -2.21. The second kappa shape index (κ2) is 9.06. The van der Waals surface area contributed by atoms with Gasteiger partial charge in [-0.1, -0.05) is 34.6 Å². The Hall–Kier alpha value is -1.36. The fourth-order valence-corrected chi connectivity index (χ4v) is 2.64. The van der Waals surface area contributed by atoms with Gasteiger partial charge in [-0.3, -0.25) is 9.59 Å². The van der Waals surface area contributed by atoms with E-state index >= 15 is 0 Å². The SMILES string of the molecule is CCCN(CC)CCNc1c(NCCCC(C)(C)C)c(=O)c1=O. The third kappa shape index (κ3) is 6.34. The van der Waals surface area contributed by atoms with Crippen molar-refractivity contribution in [2.45, 2.75) is 53.9 Å². The van der Waals surface area contributed by atoms with Crippen molar-refractivity contribution in [2.24, 2.45) is 5.41 Å². The molecule has 1 aromatic carbocycles. The van der Waals surface area contributed by atoms with Gasteiger partial charge >= 0.3 is 0 Å². The summed E-state index contributed by atoms with van der Waals surface area (Å²) in [6.07, 6.45) is 3.19. The van der Waals surface area contributed by atoms with E-state index in [0.29, 0.717) is 23.3 Å². The number of rotatable bonds is 11. The smallest absolute Gasteiger partial charge is 0.253 e. The van der Waals surface area contributed by atoms with Crippen LogP contribution in [0.3, 0.4) is 0 Å². The number of anilines is 2. The standard InChI is InChI=1S/C18H33N3O2/c1-6-12-21(7-2)13-11-20-15-14(16(22)17(15)23)19-10-8-9-18(3,4)5/h19-20H,6-13H2,1-5H3. The minimum absolute atomic E-state index is 0.291. The molecule has 0 spiro atoms. The summed E-state index contributed by atoms with van der Waals surface area (Å²) < 4.78 is 0. The number of likely N-dealkylation sites (N-methyl/N-ethyl adjacent to an activating group) is 1. The van der Waals surface area contributed by atoms with Crippen molar-refractivity contribution in [1.82, 2.24) is 4.90 Å². The maximum atomic E-state index is 11.7. The van der Waals surface area contributed by atoms with Gasteiger partial charge in [-0.25, -0.2) is 0 Å². The van der Waals surface area contributed by atoms with Crippen LogP contribution >= 0.6 is 0 Å². The molecule has 0 amide bonds. The summed E-state index contributed by atoms with van der Waals surface area (Å²) in [4.78, 5) is 25.7. The molecule has 2 N–H and O–H groups in total. The molecule has 1 aromatic rings. The van der Waals surface area contributed by atoms with E-state index in [1.807, 2.05) is 0 Å². The predicted molar refractivity (Wildman–Crippen MR) is 99.4 cm³/mol. The maximum absolute atomic E-state index is 11.7. The quantitative estimate of drug-likeness (QED) is 0.484. The van der Waals surface area contributed by atoms with E-state index in [-0.39, 0.29) is 10.9 Å². The molecule has 0 saturated carbocycles. The number of nitrogens with one attached hydrogen (secondary N) is 2. The minimum atomic E-state index is -0.387. The Kier molecular flexibility index (Phi) is 7.76. The molecular formula is C18H33N3O2. The summed E-state index contributed by atoms with van der Waals surface area (Å²) in [6.45, 7) is 15.3. The summed E-state index contributed by atoms with van der Waals surface area (Å²) in [5, 5.41) is 6.27. The van der Waals surface area contributed by atoms with Crippen LogP contribution in [0.1, 0.15) is 53.9 Å². The molecule has 23 heavy (non-hydrogen) atoms. The molecule has 5 nitrogen and oxygen atoms in total. The lowest BCUT2D eigenvalue weighted by Crippen LogP contribution is -2.39. The third-order valence-electron chi connectivity index (χ3n) is 4.03. The minimum Gasteiger partial charge on any atom is -0.380 e. The highest BCUT2D eigenvalue weighted by Crippen LogP contribution is 2.21. The van der Waals surface area contributed by atoms with E-state index in [4.69, 9.17) is 0 Å². The van der Waals surface area contributed by atoms with Crippen LogP contribution in [0.15, 0.2) is 9.59 Å². The highest BCUT2D eigenvalue weighted by atomic mass is 16.2. The highest BCUT2D eigenvalue weighted by molar-refractivity contribution is 5.73. The molecule has 0 atom stereocenters. The van der Waals surface area contributed by atoms with Crippen molar-refractivity contribution >= 4 is 11.4 Å². The molecule has 0 radical (unpaired) electrons. The van der Waals surface area contributed by atoms with Crippen LogP contribution in [0.5, 0.6) is 0 Å². The average molecular weight is 323 g/mol. The molecule has 0 aliphatic carbocycles. The largest absolute Gasteiger partial charge is 0.380 e. The van der Waals surface area contributed by atoms with Crippen LogP contribution in [0.25, 0.3) is 0 Å². The van der Waals surface area contributed by atoms with Crippen LogP contribution in [0.4, 0.5) is 11.4 Å². The van der Waals surface area contributed by atoms with Gasteiger partial charge in [-0.05, 0) is 37.8 Å². The maximum Gasteiger partial charge on any atom is 0.253 e. The Morgan fingerprint density at radius 1 is 0.913 bits per heavy atom. The molecule has 0 bridgehead atoms. The van der Waals surface area contributed by atoms with Gasteiger partial charge in [0, 0.05) is 19.6 Å². The van der Waals surface area contributed by atoms with Crippen molar-refractivity contribution in [3.05, 3.63) is 20.4 Å².